The van der Waals surface area contributed by atoms with Crippen molar-refractivity contribution in [1.82, 2.24) is 5.16 Å². The molecule has 1 aromatic heterocycles. The topological polar surface area (TPSA) is 61.6 Å². The SMILES string of the molecule is COc1ccc(OCc2oncc2C=O)cc1. The van der Waals surface area contributed by atoms with Gasteiger partial charge in [-0.1, -0.05) is 5.16 Å². The molecule has 0 unspecified atom stereocenters. The molecule has 0 saturated heterocycles. The lowest BCUT2D eigenvalue weighted by atomic mass is 10.3. The van der Waals surface area contributed by atoms with Crippen molar-refractivity contribution in [3.63, 3.8) is 0 Å². The molecule has 0 amide bonds. The maximum absolute atomic E-state index is 10.6. The van der Waals surface area contributed by atoms with E-state index in [0.29, 0.717) is 23.4 Å². The summed E-state index contributed by atoms with van der Waals surface area (Å²) in [5.74, 6) is 1.83. The van der Waals surface area contributed by atoms with Gasteiger partial charge >= 0.3 is 0 Å². The highest BCUT2D eigenvalue weighted by Crippen LogP contribution is 2.18. The van der Waals surface area contributed by atoms with Crippen LogP contribution in [0.15, 0.2) is 35.0 Å². The predicted molar refractivity (Wildman–Crippen MR) is 59.2 cm³/mol. The van der Waals surface area contributed by atoms with E-state index in [4.69, 9.17) is 14.0 Å². The third-order valence-corrected chi connectivity index (χ3v) is 2.23. The molecule has 2 aromatic rings. The molecule has 5 nitrogen and oxygen atoms in total. The number of carbonyl (C=O) groups excluding carboxylic acids is 1. The summed E-state index contributed by atoms with van der Waals surface area (Å²) in [7, 11) is 1.60. The first-order valence-corrected chi connectivity index (χ1v) is 4.99. The van der Waals surface area contributed by atoms with E-state index in [9.17, 15) is 4.79 Å². The van der Waals surface area contributed by atoms with Gasteiger partial charge in [0, 0.05) is 0 Å². The quantitative estimate of drug-likeness (QED) is 0.740. The summed E-state index contributed by atoms with van der Waals surface area (Å²) in [5.41, 5.74) is 0.401. The van der Waals surface area contributed by atoms with Crippen molar-refractivity contribution < 1.29 is 18.8 Å². The molecule has 0 spiro atoms. The standard InChI is InChI=1S/C12H11NO4/c1-15-10-2-4-11(5-3-10)16-8-12-9(7-14)6-13-17-12/h2-7H,8H2,1H3. The smallest absolute Gasteiger partial charge is 0.184 e. The minimum Gasteiger partial charge on any atom is -0.497 e. The molecular formula is C12H11NO4. The number of hydrogen-bond acceptors (Lipinski definition) is 5. The first kappa shape index (κ1) is 11.2. The molecule has 88 valence electrons. The normalized spacial score (nSPS) is 9.94. The fourth-order valence-corrected chi connectivity index (χ4v) is 1.30. The summed E-state index contributed by atoms with van der Waals surface area (Å²) in [5, 5.41) is 3.53. The molecular weight excluding hydrogens is 222 g/mol. The number of methoxy groups -OCH3 is 1. The number of rotatable bonds is 5. The molecule has 0 aliphatic carbocycles. The Morgan fingerprint density at radius 2 is 2.00 bits per heavy atom. The second kappa shape index (κ2) is 5.16. The van der Waals surface area contributed by atoms with Crippen molar-refractivity contribution in [2.45, 2.75) is 6.61 Å². The summed E-state index contributed by atoms with van der Waals surface area (Å²) in [4.78, 5) is 10.6. The zero-order valence-electron chi connectivity index (χ0n) is 9.25. The summed E-state index contributed by atoms with van der Waals surface area (Å²) < 4.78 is 15.4. The molecule has 1 heterocycles. The van der Waals surface area contributed by atoms with Gasteiger partial charge in [-0.2, -0.15) is 0 Å². The van der Waals surface area contributed by atoms with Gasteiger partial charge < -0.3 is 14.0 Å². The highest BCUT2D eigenvalue weighted by Gasteiger charge is 2.07. The Bertz CT molecular complexity index is 489. The van der Waals surface area contributed by atoms with Gasteiger partial charge in [0.2, 0.25) is 0 Å². The average molecular weight is 233 g/mol. The van der Waals surface area contributed by atoms with Crippen LogP contribution in [0.3, 0.4) is 0 Å². The van der Waals surface area contributed by atoms with Crippen LogP contribution in [0.4, 0.5) is 0 Å². The van der Waals surface area contributed by atoms with Gasteiger partial charge in [0.1, 0.15) is 18.1 Å². The number of nitrogens with zero attached hydrogens (tertiary/aromatic N) is 1. The molecule has 0 saturated carbocycles. The molecule has 5 heteroatoms. The fourth-order valence-electron chi connectivity index (χ4n) is 1.30. The van der Waals surface area contributed by atoms with Gasteiger partial charge in [0.25, 0.3) is 0 Å². The van der Waals surface area contributed by atoms with Crippen molar-refractivity contribution in [2.75, 3.05) is 7.11 Å². The van der Waals surface area contributed by atoms with Crippen molar-refractivity contribution in [2.24, 2.45) is 0 Å². The fraction of sp³-hybridized carbons (Fsp3) is 0.167. The Labute approximate surface area is 97.9 Å². The minimum atomic E-state index is 0.167. The molecule has 0 bridgehead atoms. The summed E-state index contributed by atoms with van der Waals surface area (Å²) in [6, 6.07) is 7.12. The van der Waals surface area contributed by atoms with E-state index in [0.717, 1.165) is 5.75 Å². The van der Waals surface area contributed by atoms with Crippen molar-refractivity contribution in [3.05, 3.63) is 41.8 Å². The molecule has 0 atom stereocenters. The monoisotopic (exact) mass is 233 g/mol. The Morgan fingerprint density at radius 3 is 2.65 bits per heavy atom. The Morgan fingerprint density at radius 1 is 1.29 bits per heavy atom. The van der Waals surface area contributed by atoms with Crippen molar-refractivity contribution >= 4 is 6.29 Å². The van der Waals surface area contributed by atoms with Crippen LogP contribution in [-0.4, -0.2) is 18.6 Å². The van der Waals surface area contributed by atoms with Gasteiger partial charge in [0.05, 0.1) is 18.9 Å². The van der Waals surface area contributed by atoms with Gasteiger partial charge in [-0.25, -0.2) is 0 Å². The first-order chi connectivity index (χ1) is 8.33. The lowest BCUT2D eigenvalue weighted by Gasteiger charge is -2.05. The molecule has 0 aliphatic rings. The van der Waals surface area contributed by atoms with Gasteiger partial charge in [-0.3, -0.25) is 4.79 Å². The number of hydrogen-bond donors (Lipinski definition) is 0. The Kier molecular flexibility index (Phi) is 3.40. The van der Waals surface area contributed by atoms with Gasteiger partial charge in [-0.05, 0) is 24.3 Å². The number of ether oxygens (including phenoxy) is 2. The van der Waals surface area contributed by atoms with Gasteiger partial charge in [-0.15, -0.1) is 0 Å². The number of aldehydes is 1. The van der Waals surface area contributed by atoms with E-state index in [1.165, 1.54) is 6.20 Å². The van der Waals surface area contributed by atoms with Crippen LogP contribution in [0.5, 0.6) is 11.5 Å². The van der Waals surface area contributed by atoms with E-state index < -0.39 is 0 Å². The van der Waals surface area contributed by atoms with Crippen LogP contribution in [0.2, 0.25) is 0 Å². The van der Waals surface area contributed by atoms with Crippen LogP contribution in [0.25, 0.3) is 0 Å². The number of carbonyl (C=O) groups is 1. The molecule has 0 fully saturated rings. The van der Waals surface area contributed by atoms with E-state index in [2.05, 4.69) is 5.16 Å². The second-order valence-corrected chi connectivity index (χ2v) is 3.29. The summed E-state index contributed by atoms with van der Waals surface area (Å²) in [6.45, 7) is 0.167. The van der Waals surface area contributed by atoms with E-state index in [-0.39, 0.29) is 6.61 Å². The average Bonchev–Trinajstić information content (AvgIpc) is 2.84. The lowest BCUT2D eigenvalue weighted by Crippen LogP contribution is -1.96. The number of benzene rings is 1. The zero-order chi connectivity index (χ0) is 12.1. The molecule has 17 heavy (non-hydrogen) atoms. The summed E-state index contributed by atoms with van der Waals surface area (Å²) >= 11 is 0. The highest BCUT2D eigenvalue weighted by molar-refractivity contribution is 5.75. The van der Waals surface area contributed by atoms with E-state index in [1.54, 1.807) is 31.4 Å². The lowest BCUT2D eigenvalue weighted by molar-refractivity contribution is 0.111. The third-order valence-electron chi connectivity index (χ3n) is 2.23. The van der Waals surface area contributed by atoms with Crippen LogP contribution >= 0.6 is 0 Å². The number of aromatic nitrogens is 1. The predicted octanol–water partition coefficient (Wildman–Crippen LogP) is 2.07. The second-order valence-electron chi connectivity index (χ2n) is 3.29. The van der Waals surface area contributed by atoms with E-state index in [1.807, 2.05) is 0 Å². The van der Waals surface area contributed by atoms with Gasteiger partial charge in [0.15, 0.2) is 12.0 Å². The van der Waals surface area contributed by atoms with Crippen LogP contribution in [0.1, 0.15) is 16.1 Å². The maximum Gasteiger partial charge on any atom is 0.184 e. The van der Waals surface area contributed by atoms with Crippen LogP contribution in [0, 0.1) is 0 Å². The molecule has 0 N–H and O–H groups in total. The van der Waals surface area contributed by atoms with Crippen molar-refractivity contribution in [3.8, 4) is 11.5 Å². The molecule has 1 aromatic carbocycles. The van der Waals surface area contributed by atoms with Crippen LogP contribution < -0.4 is 9.47 Å². The van der Waals surface area contributed by atoms with E-state index >= 15 is 0 Å². The molecule has 2 rings (SSSR count). The highest BCUT2D eigenvalue weighted by atomic mass is 16.5. The third kappa shape index (κ3) is 2.63. The first-order valence-electron chi connectivity index (χ1n) is 4.99. The maximum atomic E-state index is 10.6. The molecule has 0 radical (unpaired) electrons. The minimum absolute atomic E-state index is 0.167. The van der Waals surface area contributed by atoms with Crippen molar-refractivity contribution in [1.29, 1.82) is 0 Å². The zero-order valence-corrected chi connectivity index (χ0v) is 9.25. The largest absolute Gasteiger partial charge is 0.497 e. The Balaban J connectivity index is 1.99. The van der Waals surface area contributed by atoms with Crippen LogP contribution in [-0.2, 0) is 6.61 Å². The molecule has 0 aliphatic heterocycles. The summed E-state index contributed by atoms with van der Waals surface area (Å²) in [6.07, 6.45) is 2.04. The Hall–Kier alpha value is -2.30.